The van der Waals surface area contributed by atoms with Crippen molar-refractivity contribution in [3.8, 4) is 11.5 Å². The van der Waals surface area contributed by atoms with Crippen LogP contribution >= 0.6 is 23.2 Å². The summed E-state index contributed by atoms with van der Waals surface area (Å²) in [6, 6.07) is 11.3. The van der Waals surface area contributed by atoms with Crippen molar-refractivity contribution in [2.45, 2.75) is 39.8 Å². The topological polar surface area (TPSA) is 50.8 Å². The number of halogens is 2. The summed E-state index contributed by atoms with van der Waals surface area (Å²) in [5, 5.41) is 3.86. The third-order valence-electron chi connectivity index (χ3n) is 4.68. The van der Waals surface area contributed by atoms with E-state index >= 15 is 0 Å². The van der Waals surface area contributed by atoms with E-state index in [4.69, 9.17) is 32.7 Å². The van der Waals surface area contributed by atoms with Crippen LogP contribution in [-0.2, 0) is 4.79 Å². The smallest absolute Gasteiger partial charge is 0.248 e. The fourth-order valence-corrected chi connectivity index (χ4v) is 3.81. The largest absolute Gasteiger partial charge is 0.493 e. The van der Waals surface area contributed by atoms with Gasteiger partial charge < -0.3 is 14.8 Å². The maximum absolute atomic E-state index is 12.3. The Labute approximate surface area is 194 Å². The number of hydrogen-bond acceptors (Lipinski definition) is 4. The Morgan fingerprint density at radius 1 is 1.03 bits per heavy atom. The summed E-state index contributed by atoms with van der Waals surface area (Å²) in [5.41, 5.74) is 1.35. The molecule has 0 atom stereocenters. The quantitative estimate of drug-likeness (QED) is 0.428. The Hall–Kier alpha value is -2.21. The molecular formula is C24H30Cl2N2O3. The van der Waals surface area contributed by atoms with E-state index in [1.54, 1.807) is 49.6 Å². The number of nitrogens with one attached hydrogen (secondary N) is 1. The highest BCUT2D eigenvalue weighted by Gasteiger charge is 2.14. The standard InChI is InChI=1S/C24H30Cl2N2O3/c1-16(2)28(17(3)4)10-11-31-23-15-21(7-8-22(23)30-5)27-24(29)9-6-18-12-19(25)14-20(26)13-18/h6-9,12-17H,10-11H2,1-5H3,(H,27,29). The fourth-order valence-electron chi connectivity index (χ4n) is 3.27. The van der Waals surface area contributed by atoms with Crippen LogP contribution in [0.4, 0.5) is 5.69 Å². The van der Waals surface area contributed by atoms with E-state index in [1.807, 2.05) is 0 Å². The number of carbonyl (C=O) groups is 1. The monoisotopic (exact) mass is 464 g/mol. The summed E-state index contributed by atoms with van der Waals surface area (Å²) in [4.78, 5) is 14.7. The molecule has 0 saturated heterocycles. The number of methoxy groups -OCH3 is 1. The zero-order valence-electron chi connectivity index (χ0n) is 18.6. The van der Waals surface area contributed by atoms with E-state index in [0.29, 0.717) is 45.9 Å². The third kappa shape index (κ3) is 8.09. The average molecular weight is 465 g/mol. The lowest BCUT2D eigenvalue weighted by atomic mass is 10.2. The fraction of sp³-hybridized carbons (Fsp3) is 0.375. The SMILES string of the molecule is COc1ccc(NC(=O)C=Cc2cc(Cl)cc(Cl)c2)cc1OCCN(C(C)C)C(C)C. The van der Waals surface area contributed by atoms with Crippen molar-refractivity contribution < 1.29 is 14.3 Å². The first kappa shape index (κ1) is 25.1. The molecule has 168 valence electrons. The molecule has 2 aromatic carbocycles. The molecule has 0 aliphatic carbocycles. The number of benzene rings is 2. The van der Waals surface area contributed by atoms with Crippen molar-refractivity contribution in [3.63, 3.8) is 0 Å². The van der Waals surface area contributed by atoms with E-state index in [-0.39, 0.29) is 5.91 Å². The highest BCUT2D eigenvalue weighted by atomic mass is 35.5. The number of rotatable bonds is 10. The van der Waals surface area contributed by atoms with Crippen molar-refractivity contribution in [1.29, 1.82) is 0 Å². The van der Waals surface area contributed by atoms with E-state index < -0.39 is 0 Å². The van der Waals surface area contributed by atoms with Crippen LogP contribution in [0, 0.1) is 0 Å². The predicted octanol–water partition coefficient (Wildman–Crippen LogP) is 6.15. The third-order valence-corrected chi connectivity index (χ3v) is 5.11. The Bertz CT molecular complexity index is 885. The molecule has 7 heteroatoms. The van der Waals surface area contributed by atoms with Gasteiger partial charge in [-0.05, 0) is 69.7 Å². The molecule has 1 N–H and O–H groups in total. The van der Waals surface area contributed by atoms with Crippen molar-refractivity contribution in [1.82, 2.24) is 4.90 Å². The lowest BCUT2D eigenvalue weighted by Crippen LogP contribution is -2.39. The first-order chi connectivity index (χ1) is 14.7. The second-order valence-corrected chi connectivity index (χ2v) is 8.54. The molecule has 0 fully saturated rings. The molecule has 0 aromatic heterocycles. The second-order valence-electron chi connectivity index (χ2n) is 7.66. The number of carbonyl (C=O) groups excluding carboxylic acids is 1. The van der Waals surface area contributed by atoms with Gasteiger partial charge in [0.05, 0.1) is 7.11 Å². The summed E-state index contributed by atoms with van der Waals surface area (Å²) in [6.07, 6.45) is 3.08. The van der Waals surface area contributed by atoms with E-state index in [2.05, 4.69) is 37.9 Å². The minimum absolute atomic E-state index is 0.280. The van der Waals surface area contributed by atoms with Crippen LogP contribution in [-0.4, -0.2) is 43.2 Å². The van der Waals surface area contributed by atoms with Gasteiger partial charge in [-0.1, -0.05) is 23.2 Å². The normalized spacial score (nSPS) is 11.5. The number of ether oxygens (including phenoxy) is 2. The summed E-state index contributed by atoms with van der Waals surface area (Å²) in [5.74, 6) is 0.916. The van der Waals surface area contributed by atoms with Crippen molar-refractivity contribution in [2.24, 2.45) is 0 Å². The lowest BCUT2D eigenvalue weighted by Gasteiger charge is -2.30. The lowest BCUT2D eigenvalue weighted by molar-refractivity contribution is -0.111. The summed E-state index contributed by atoms with van der Waals surface area (Å²) in [6.45, 7) is 9.98. The molecule has 0 unspecified atom stereocenters. The molecular weight excluding hydrogens is 435 g/mol. The van der Waals surface area contributed by atoms with Gasteiger partial charge >= 0.3 is 0 Å². The van der Waals surface area contributed by atoms with E-state index in [9.17, 15) is 4.79 Å². The molecule has 0 aliphatic heterocycles. The van der Waals surface area contributed by atoms with E-state index in [0.717, 1.165) is 12.1 Å². The number of anilines is 1. The molecule has 0 heterocycles. The van der Waals surface area contributed by atoms with Crippen LogP contribution in [0.2, 0.25) is 10.0 Å². The van der Waals surface area contributed by atoms with Gasteiger partial charge in [0.25, 0.3) is 0 Å². The van der Waals surface area contributed by atoms with Gasteiger partial charge in [-0.3, -0.25) is 9.69 Å². The van der Waals surface area contributed by atoms with Gasteiger partial charge in [0, 0.05) is 46.5 Å². The molecule has 2 rings (SSSR count). The summed E-state index contributed by atoms with van der Waals surface area (Å²) >= 11 is 12.0. The van der Waals surface area contributed by atoms with Gasteiger partial charge in [-0.2, -0.15) is 0 Å². The van der Waals surface area contributed by atoms with Crippen LogP contribution < -0.4 is 14.8 Å². The van der Waals surface area contributed by atoms with Crippen LogP contribution in [0.25, 0.3) is 6.08 Å². The van der Waals surface area contributed by atoms with Crippen LogP contribution in [0.5, 0.6) is 11.5 Å². The molecule has 2 aromatic rings. The molecule has 0 spiro atoms. The predicted molar refractivity (Wildman–Crippen MR) is 130 cm³/mol. The first-order valence-electron chi connectivity index (χ1n) is 10.2. The summed E-state index contributed by atoms with van der Waals surface area (Å²) < 4.78 is 11.4. The number of nitrogens with zero attached hydrogens (tertiary/aromatic N) is 1. The molecule has 0 radical (unpaired) electrons. The highest BCUT2D eigenvalue weighted by Crippen LogP contribution is 2.30. The molecule has 1 amide bonds. The van der Waals surface area contributed by atoms with Crippen molar-refractivity contribution in [3.05, 3.63) is 58.1 Å². The van der Waals surface area contributed by atoms with Crippen molar-refractivity contribution >= 4 is 40.9 Å². The first-order valence-corrected chi connectivity index (χ1v) is 11.0. The Morgan fingerprint density at radius 2 is 1.68 bits per heavy atom. The molecule has 0 aliphatic rings. The summed E-state index contributed by atoms with van der Waals surface area (Å²) in [7, 11) is 1.59. The minimum Gasteiger partial charge on any atom is -0.493 e. The van der Waals surface area contributed by atoms with E-state index in [1.165, 1.54) is 6.08 Å². The van der Waals surface area contributed by atoms with Gasteiger partial charge in [-0.25, -0.2) is 0 Å². The minimum atomic E-state index is -0.280. The zero-order chi connectivity index (χ0) is 23.0. The molecule has 0 saturated carbocycles. The van der Waals surface area contributed by atoms with Gasteiger partial charge in [0.15, 0.2) is 11.5 Å². The number of hydrogen-bond donors (Lipinski definition) is 1. The van der Waals surface area contributed by atoms with Gasteiger partial charge in [0.1, 0.15) is 6.61 Å². The maximum Gasteiger partial charge on any atom is 0.248 e. The van der Waals surface area contributed by atoms with Crippen LogP contribution in [0.15, 0.2) is 42.5 Å². The van der Waals surface area contributed by atoms with Gasteiger partial charge in [-0.15, -0.1) is 0 Å². The van der Waals surface area contributed by atoms with Crippen LogP contribution in [0.1, 0.15) is 33.3 Å². The maximum atomic E-state index is 12.3. The van der Waals surface area contributed by atoms with Gasteiger partial charge in [0.2, 0.25) is 5.91 Å². The molecule has 0 bridgehead atoms. The Morgan fingerprint density at radius 3 is 2.26 bits per heavy atom. The Kier molecular flexibility index (Phi) is 9.69. The second kappa shape index (κ2) is 12.0. The highest BCUT2D eigenvalue weighted by molar-refractivity contribution is 6.34. The molecule has 5 nitrogen and oxygen atoms in total. The number of amides is 1. The van der Waals surface area contributed by atoms with Crippen molar-refractivity contribution in [2.75, 3.05) is 25.6 Å². The Balaban J connectivity index is 2.03. The average Bonchev–Trinajstić information content (AvgIpc) is 2.68. The zero-order valence-corrected chi connectivity index (χ0v) is 20.1. The van der Waals surface area contributed by atoms with Crippen LogP contribution in [0.3, 0.4) is 0 Å². The molecule has 31 heavy (non-hydrogen) atoms.